The highest BCUT2D eigenvalue weighted by Crippen LogP contribution is 2.40. The molecule has 1 heterocycles. The molecule has 2 aromatic carbocycles. The number of rotatable bonds is 9. The summed E-state index contributed by atoms with van der Waals surface area (Å²) in [4.78, 5) is 12.9. The largest absolute Gasteiger partial charge is 0.496 e. The summed E-state index contributed by atoms with van der Waals surface area (Å²) < 4.78 is 33.3. The molecule has 1 N–H and O–H groups in total. The number of carbonyl (C=O) groups excluding carboxylic acids is 1. The predicted molar refractivity (Wildman–Crippen MR) is 116 cm³/mol. The molecule has 8 nitrogen and oxygen atoms in total. The number of aliphatic hydroxyl groups is 1. The summed E-state index contributed by atoms with van der Waals surface area (Å²) in [5, 5.41) is 9.97. The van der Waals surface area contributed by atoms with Crippen LogP contribution in [0.2, 0.25) is 0 Å². The molecule has 0 aliphatic carbocycles. The van der Waals surface area contributed by atoms with Crippen molar-refractivity contribution in [1.82, 2.24) is 0 Å². The van der Waals surface area contributed by atoms with E-state index >= 15 is 0 Å². The molecule has 1 saturated heterocycles. The Balaban J connectivity index is 1.75. The number of aliphatic hydroxyl groups excluding tert-OH is 1. The second-order valence-corrected chi connectivity index (χ2v) is 7.53. The molecule has 3 atom stereocenters. The van der Waals surface area contributed by atoms with E-state index in [0.29, 0.717) is 42.3 Å². The number of hydrogen-bond acceptors (Lipinski definition) is 8. The zero-order valence-electron chi connectivity index (χ0n) is 18.8. The molecule has 1 aliphatic rings. The van der Waals surface area contributed by atoms with E-state index in [9.17, 15) is 9.90 Å². The van der Waals surface area contributed by atoms with Gasteiger partial charge in [-0.25, -0.2) is 4.79 Å². The van der Waals surface area contributed by atoms with Crippen LogP contribution in [0.25, 0.3) is 0 Å². The second-order valence-electron chi connectivity index (χ2n) is 7.53. The summed E-state index contributed by atoms with van der Waals surface area (Å²) in [5.41, 5.74) is 1.79. The number of methoxy groups -OCH3 is 3. The average Bonchev–Trinajstić information content (AvgIpc) is 2.81. The topological polar surface area (TPSA) is 92.7 Å². The summed E-state index contributed by atoms with van der Waals surface area (Å²) in [7, 11) is 4.50. The lowest BCUT2D eigenvalue weighted by Gasteiger charge is -2.31. The van der Waals surface area contributed by atoms with Gasteiger partial charge in [0.25, 0.3) is 0 Å². The predicted octanol–water partition coefficient (Wildman–Crippen LogP) is 3.26. The first-order chi connectivity index (χ1) is 15.5. The maximum Gasteiger partial charge on any atom is 0.342 e. The van der Waals surface area contributed by atoms with Crippen molar-refractivity contribution in [1.29, 1.82) is 0 Å². The van der Waals surface area contributed by atoms with Crippen LogP contribution < -0.4 is 14.2 Å². The Labute approximate surface area is 187 Å². The third-order valence-corrected chi connectivity index (χ3v) is 5.32. The van der Waals surface area contributed by atoms with Crippen LogP contribution in [0.3, 0.4) is 0 Å². The van der Waals surface area contributed by atoms with Crippen LogP contribution in [-0.4, -0.2) is 57.5 Å². The Morgan fingerprint density at radius 2 is 1.84 bits per heavy atom. The number of esters is 1. The van der Waals surface area contributed by atoms with Gasteiger partial charge in [-0.2, -0.15) is 0 Å². The van der Waals surface area contributed by atoms with Gasteiger partial charge in [-0.3, -0.25) is 0 Å². The lowest BCUT2D eigenvalue weighted by atomic mass is 10.0. The van der Waals surface area contributed by atoms with Crippen LogP contribution in [0, 0.1) is 6.92 Å². The monoisotopic (exact) mass is 446 g/mol. The molecule has 32 heavy (non-hydrogen) atoms. The van der Waals surface area contributed by atoms with Crippen molar-refractivity contribution in [2.45, 2.75) is 44.9 Å². The minimum absolute atomic E-state index is 0.0209. The molecule has 3 rings (SSSR count). The molecule has 3 unspecified atom stereocenters. The molecule has 174 valence electrons. The highest BCUT2D eigenvalue weighted by Gasteiger charge is 2.30. The average molecular weight is 446 g/mol. The second kappa shape index (κ2) is 11.2. The molecule has 0 bridgehead atoms. The van der Waals surface area contributed by atoms with E-state index in [1.807, 2.05) is 30.3 Å². The van der Waals surface area contributed by atoms with E-state index in [2.05, 4.69) is 0 Å². The number of benzene rings is 2. The summed E-state index contributed by atoms with van der Waals surface area (Å²) >= 11 is 0. The summed E-state index contributed by atoms with van der Waals surface area (Å²) in [6.07, 6.45) is -0.821. The highest BCUT2D eigenvalue weighted by atomic mass is 16.7. The van der Waals surface area contributed by atoms with E-state index in [1.165, 1.54) is 21.3 Å². The third kappa shape index (κ3) is 5.70. The minimum atomic E-state index is -0.579. The minimum Gasteiger partial charge on any atom is -0.496 e. The summed E-state index contributed by atoms with van der Waals surface area (Å²) in [6.45, 7) is 2.06. The fourth-order valence-corrected chi connectivity index (χ4v) is 3.70. The Morgan fingerprint density at radius 3 is 2.50 bits per heavy atom. The first-order valence-electron chi connectivity index (χ1n) is 10.4. The van der Waals surface area contributed by atoms with Gasteiger partial charge < -0.3 is 33.5 Å². The van der Waals surface area contributed by atoms with Gasteiger partial charge in [0.15, 0.2) is 17.8 Å². The molecule has 8 heteroatoms. The van der Waals surface area contributed by atoms with Crippen LogP contribution >= 0.6 is 0 Å². The van der Waals surface area contributed by atoms with Crippen LogP contribution in [0.15, 0.2) is 36.4 Å². The quantitative estimate of drug-likeness (QED) is 0.587. The molecule has 0 aromatic heterocycles. The summed E-state index contributed by atoms with van der Waals surface area (Å²) in [6, 6.07) is 11.3. The van der Waals surface area contributed by atoms with Crippen molar-refractivity contribution >= 4 is 5.97 Å². The SMILES string of the molecule is COc1cc(OCc2ccccc2)c(OC)c(C)c1C(=O)OCC1CC(O)CC(OC)O1. The molecular formula is C24H30O8. The van der Waals surface area contributed by atoms with Gasteiger partial charge in [-0.15, -0.1) is 0 Å². The standard InChI is InChI=1S/C24H30O8/c1-15-22(24(26)31-14-18-10-17(25)11-21(28-3)32-18)19(27-2)12-20(23(15)29-4)30-13-16-8-6-5-7-9-16/h5-9,12,17-18,21,25H,10-11,13-14H2,1-4H3. The molecule has 0 amide bonds. The molecule has 1 aliphatic heterocycles. The fraction of sp³-hybridized carbons (Fsp3) is 0.458. The number of carbonyl (C=O) groups is 1. The van der Waals surface area contributed by atoms with Crippen LogP contribution in [0.1, 0.15) is 34.3 Å². The Morgan fingerprint density at radius 1 is 1.09 bits per heavy atom. The Bertz CT molecular complexity index is 899. The molecule has 0 saturated carbocycles. The van der Waals surface area contributed by atoms with Gasteiger partial charge in [0, 0.05) is 31.6 Å². The lowest BCUT2D eigenvalue weighted by Crippen LogP contribution is -2.39. The highest BCUT2D eigenvalue weighted by molar-refractivity contribution is 5.95. The molecule has 0 radical (unpaired) electrons. The molecule has 0 spiro atoms. The van der Waals surface area contributed by atoms with Gasteiger partial charge in [-0.05, 0) is 12.5 Å². The van der Waals surface area contributed by atoms with Gasteiger partial charge in [-0.1, -0.05) is 30.3 Å². The number of hydrogen-bond donors (Lipinski definition) is 1. The lowest BCUT2D eigenvalue weighted by molar-refractivity contribution is -0.210. The van der Waals surface area contributed by atoms with Gasteiger partial charge in [0.2, 0.25) is 0 Å². The van der Waals surface area contributed by atoms with E-state index < -0.39 is 24.5 Å². The van der Waals surface area contributed by atoms with Crippen molar-refractivity contribution in [3.8, 4) is 17.2 Å². The zero-order valence-corrected chi connectivity index (χ0v) is 18.8. The fourth-order valence-electron chi connectivity index (χ4n) is 3.70. The Kier molecular flexibility index (Phi) is 8.33. The van der Waals surface area contributed by atoms with Gasteiger partial charge in [0.05, 0.1) is 26.4 Å². The maximum atomic E-state index is 12.9. The van der Waals surface area contributed by atoms with E-state index in [-0.39, 0.29) is 12.2 Å². The van der Waals surface area contributed by atoms with Crippen molar-refractivity contribution < 1.29 is 38.3 Å². The van der Waals surface area contributed by atoms with Crippen molar-refractivity contribution in [3.63, 3.8) is 0 Å². The third-order valence-electron chi connectivity index (χ3n) is 5.32. The molecule has 1 fully saturated rings. The molecule has 2 aromatic rings. The van der Waals surface area contributed by atoms with Crippen LogP contribution in [-0.2, 0) is 20.8 Å². The smallest absolute Gasteiger partial charge is 0.342 e. The summed E-state index contributed by atoms with van der Waals surface area (Å²) in [5.74, 6) is 0.627. The van der Waals surface area contributed by atoms with Crippen LogP contribution in [0.5, 0.6) is 17.2 Å². The van der Waals surface area contributed by atoms with Gasteiger partial charge >= 0.3 is 5.97 Å². The van der Waals surface area contributed by atoms with E-state index in [0.717, 1.165) is 5.56 Å². The molecular weight excluding hydrogens is 416 g/mol. The van der Waals surface area contributed by atoms with E-state index in [1.54, 1.807) is 13.0 Å². The van der Waals surface area contributed by atoms with Crippen molar-refractivity contribution in [2.24, 2.45) is 0 Å². The zero-order chi connectivity index (χ0) is 23.1. The van der Waals surface area contributed by atoms with Gasteiger partial charge in [0.1, 0.15) is 24.5 Å². The normalized spacial score (nSPS) is 20.5. The maximum absolute atomic E-state index is 12.9. The van der Waals surface area contributed by atoms with Crippen LogP contribution in [0.4, 0.5) is 0 Å². The first-order valence-corrected chi connectivity index (χ1v) is 10.4. The van der Waals surface area contributed by atoms with Crippen molar-refractivity contribution in [3.05, 3.63) is 53.1 Å². The first kappa shape index (κ1) is 23.8. The van der Waals surface area contributed by atoms with E-state index in [4.69, 9.17) is 28.4 Å². The number of ether oxygens (including phenoxy) is 6. The Hall–Kier alpha value is -2.81. The van der Waals surface area contributed by atoms with Crippen molar-refractivity contribution in [2.75, 3.05) is 27.9 Å².